The van der Waals surface area contributed by atoms with E-state index >= 15 is 0 Å². The predicted octanol–water partition coefficient (Wildman–Crippen LogP) is 1.97. The first-order valence-corrected chi connectivity index (χ1v) is 7.67. The molecular formula is C16H22FN3O4. The van der Waals surface area contributed by atoms with E-state index < -0.39 is 23.5 Å². The number of aromatic nitrogens is 1. The van der Waals surface area contributed by atoms with Gasteiger partial charge in [0.2, 0.25) is 0 Å². The Kier molecular flexibility index (Phi) is 4.96. The first kappa shape index (κ1) is 18.0. The van der Waals surface area contributed by atoms with E-state index in [1.165, 1.54) is 24.1 Å². The molecule has 2 heterocycles. The summed E-state index contributed by atoms with van der Waals surface area (Å²) in [5.74, 6) is -1.39. The lowest BCUT2D eigenvalue weighted by atomic mass is 10.0. The standard InChI is InChI=1S/C16H22FN3O4/c1-9-12(8-20(9)15(22)24-16(2,3)4)23-11-7-6-10(14(21)18-5)19-13(11)17/h6-7,9,12H,8H2,1-5H3,(H,18,21)/t9-,12+/m1/s1. The van der Waals surface area contributed by atoms with Crippen LogP contribution >= 0.6 is 0 Å². The van der Waals surface area contributed by atoms with E-state index in [4.69, 9.17) is 9.47 Å². The lowest BCUT2D eigenvalue weighted by molar-refractivity contribution is -0.0547. The van der Waals surface area contributed by atoms with Crippen LogP contribution in [-0.4, -0.2) is 53.2 Å². The minimum atomic E-state index is -0.862. The highest BCUT2D eigenvalue weighted by atomic mass is 19.1. The summed E-state index contributed by atoms with van der Waals surface area (Å²) in [6, 6.07) is 2.49. The van der Waals surface area contributed by atoms with Crippen LogP contribution in [0.15, 0.2) is 12.1 Å². The highest BCUT2D eigenvalue weighted by Gasteiger charge is 2.42. The van der Waals surface area contributed by atoms with Gasteiger partial charge in [0, 0.05) is 7.05 Å². The SMILES string of the molecule is CNC(=O)c1ccc(O[C@H]2CN(C(=O)OC(C)(C)C)[C@@H]2C)c(F)n1. The number of hydrogen-bond donors (Lipinski definition) is 1. The van der Waals surface area contributed by atoms with Gasteiger partial charge in [-0.25, -0.2) is 9.78 Å². The van der Waals surface area contributed by atoms with Crippen LogP contribution in [0.4, 0.5) is 9.18 Å². The molecule has 2 amide bonds. The maximum atomic E-state index is 14.0. The molecule has 0 bridgehead atoms. The zero-order valence-corrected chi connectivity index (χ0v) is 14.4. The van der Waals surface area contributed by atoms with Crippen molar-refractivity contribution in [3.05, 3.63) is 23.8 Å². The third-order valence-corrected chi connectivity index (χ3v) is 3.59. The molecule has 132 valence electrons. The highest BCUT2D eigenvalue weighted by Crippen LogP contribution is 2.27. The first-order chi connectivity index (χ1) is 11.1. The fourth-order valence-electron chi connectivity index (χ4n) is 2.20. The summed E-state index contributed by atoms with van der Waals surface area (Å²) in [5.41, 5.74) is -0.603. The van der Waals surface area contributed by atoms with E-state index in [9.17, 15) is 14.0 Å². The highest BCUT2D eigenvalue weighted by molar-refractivity contribution is 5.92. The number of likely N-dealkylation sites (tertiary alicyclic amines) is 1. The van der Waals surface area contributed by atoms with Crippen molar-refractivity contribution in [3.63, 3.8) is 0 Å². The number of halogens is 1. The van der Waals surface area contributed by atoms with Crippen molar-refractivity contribution in [1.82, 2.24) is 15.2 Å². The van der Waals surface area contributed by atoms with Crippen molar-refractivity contribution in [1.29, 1.82) is 0 Å². The molecule has 0 spiro atoms. The minimum Gasteiger partial charge on any atom is -0.482 e. The van der Waals surface area contributed by atoms with Crippen molar-refractivity contribution in [3.8, 4) is 5.75 Å². The Hall–Kier alpha value is -2.38. The number of rotatable bonds is 3. The van der Waals surface area contributed by atoms with Crippen LogP contribution in [0.3, 0.4) is 0 Å². The fourth-order valence-corrected chi connectivity index (χ4v) is 2.20. The molecule has 7 nitrogen and oxygen atoms in total. The van der Waals surface area contributed by atoms with E-state index in [0.717, 1.165) is 0 Å². The van der Waals surface area contributed by atoms with Gasteiger partial charge in [-0.2, -0.15) is 4.39 Å². The van der Waals surface area contributed by atoms with E-state index in [0.29, 0.717) is 6.54 Å². The van der Waals surface area contributed by atoms with Gasteiger partial charge in [0.15, 0.2) is 5.75 Å². The predicted molar refractivity (Wildman–Crippen MR) is 84.4 cm³/mol. The zero-order chi connectivity index (χ0) is 18.1. The molecule has 0 aliphatic carbocycles. The van der Waals surface area contributed by atoms with E-state index in [1.54, 1.807) is 27.7 Å². The second-order valence-corrected chi connectivity index (χ2v) is 6.59. The normalized spacial score (nSPS) is 20.2. The molecule has 2 atom stereocenters. The number of hydrogen-bond acceptors (Lipinski definition) is 5. The summed E-state index contributed by atoms with van der Waals surface area (Å²) >= 11 is 0. The molecule has 0 aromatic carbocycles. The van der Waals surface area contributed by atoms with Crippen molar-refractivity contribution in [2.45, 2.75) is 45.4 Å². The van der Waals surface area contributed by atoms with E-state index in [-0.39, 0.29) is 23.6 Å². The summed E-state index contributed by atoms with van der Waals surface area (Å²) < 4.78 is 24.8. The Labute approximate surface area is 140 Å². The largest absolute Gasteiger partial charge is 0.482 e. The van der Waals surface area contributed by atoms with Gasteiger partial charge in [0.1, 0.15) is 17.4 Å². The topological polar surface area (TPSA) is 80.8 Å². The molecule has 1 aromatic heterocycles. The van der Waals surface area contributed by atoms with Gasteiger partial charge in [-0.05, 0) is 39.8 Å². The Morgan fingerprint density at radius 1 is 1.38 bits per heavy atom. The van der Waals surface area contributed by atoms with Gasteiger partial charge < -0.3 is 14.8 Å². The smallest absolute Gasteiger partial charge is 0.410 e. The van der Waals surface area contributed by atoms with E-state index in [2.05, 4.69) is 10.3 Å². The molecule has 8 heteroatoms. The number of carbonyl (C=O) groups excluding carboxylic acids is 2. The van der Waals surface area contributed by atoms with Crippen LogP contribution in [0.2, 0.25) is 0 Å². The first-order valence-electron chi connectivity index (χ1n) is 7.67. The molecule has 1 aromatic rings. The molecule has 24 heavy (non-hydrogen) atoms. The Morgan fingerprint density at radius 2 is 2.04 bits per heavy atom. The van der Waals surface area contributed by atoms with Gasteiger partial charge in [-0.15, -0.1) is 0 Å². The molecule has 1 saturated heterocycles. The van der Waals surface area contributed by atoms with Gasteiger partial charge in [0.25, 0.3) is 11.9 Å². The quantitative estimate of drug-likeness (QED) is 0.852. The van der Waals surface area contributed by atoms with Crippen LogP contribution in [0.25, 0.3) is 0 Å². The maximum Gasteiger partial charge on any atom is 0.410 e. The maximum absolute atomic E-state index is 14.0. The third-order valence-electron chi connectivity index (χ3n) is 3.59. The van der Waals surface area contributed by atoms with Gasteiger partial charge in [-0.3, -0.25) is 9.69 Å². The molecule has 0 saturated carbocycles. The summed E-state index contributed by atoms with van der Waals surface area (Å²) in [6.45, 7) is 7.46. The number of ether oxygens (including phenoxy) is 2. The average molecular weight is 339 g/mol. The van der Waals surface area contributed by atoms with Crippen LogP contribution in [0.5, 0.6) is 5.75 Å². The summed E-state index contributed by atoms with van der Waals surface area (Å²) in [7, 11) is 1.44. The zero-order valence-electron chi connectivity index (χ0n) is 14.4. The lowest BCUT2D eigenvalue weighted by Gasteiger charge is -2.45. The number of pyridine rings is 1. The van der Waals surface area contributed by atoms with Crippen molar-refractivity contribution >= 4 is 12.0 Å². The van der Waals surface area contributed by atoms with Gasteiger partial charge in [-0.1, -0.05) is 0 Å². The van der Waals surface area contributed by atoms with Crippen LogP contribution in [-0.2, 0) is 4.74 Å². The Bertz CT molecular complexity index is 645. The number of carbonyl (C=O) groups is 2. The average Bonchev–Trinajstić information content (AvgIpc) is 2.48. The van der Waals surface area contributed by atoms with Gasteiger partial charge in [0.05, 0.1) is 12.6 Å². The second kappa shape index (κ2) is 6.62. The summed E-state index contributed by atoms with van der Waals surface area (Å²) in [4.78, 5) is 28.5. The Balaban J connectivity index is 1.97. The number of amides is 2. The summed E-state index contributed by atoms with van der Waals surface area (Å²) in [5, 5.41) is 2.37. The van der Waals surface area contributed by atoms with Crippen LogP contribution in [0, 0.1) is 5.95 Å². The van der Waals surface area contributed by atoms with Crippen molar-refractivity contribution in [2.75, 3.05) is 13.6 Å². The molecule has 1 aliphatic rings. The minimum absolute atomic E-state index is 0.0283. The fraction of sp³-hybridized carbons (Fsp3) is 0.562. The van der Waals surface area contributed by atoms with Gasteiger partial charge >= 0.3 is 6.09 Å². The lowest BCUT2D eigenvalue weighted by Crippen LogP contribution is -2.63. The number of nitrogens with zero attached hydrogens (tertiary/aromatic N) is 2. The van der Waals surface area contributed by atoms with E-state index in [1.807, 2.05) is 0 Å². The molecule has 0 unspecified atom stereocenters. The Morgan fingerprint density at radius 3 is 2.54 bits per heavy atom. The third kappa shape index (κ3) is 3.93. The molecule has 0 radical (unpaired) electrons. The van der Waals surface area contributed by atoms with Crippen molar-refractivity contribution < 1.29 is 23.5 Å². The van der Waals surface area contributed by atoms with Crippen molar-refractivity contribution in [2.24, 2.45) is 0 Å². The molecule has 2 rings (SSSR count). The molecule has 1 fully saturated rings. The molecule has 1 N–H and O–H groups in total. The number of nitrogens with one attached hydrogen (secondary N) is 1. The molecular weight excluding hydrogens is 317 g/mol. The van der Waals surface area contributed by atoms with Crippen LogP contribution < -0.4 is 10.1 Å². The monoisotopic (exact) mass is 339 g/mol. The van der Waals surface area contributed by atoms with Crippen LogP contribution in [0.1, 0.15) is 38.2 Å². The molecule has 1 aliphatic heterocycles. The second-order valence-electron chi connectivity index (χ2n) is 6.59. The summed E-state index contributed by atoms with van der Waals surface area (Å²) in [6.07, 6.45) is -0.789.